The number of nitro benzene ring substituents is 1. The fourth-order valence-corrected chi connectivity index (χ4v) is 1.24. The Morgan fingerprint density at radius 1 is 1.47 bits per heavy atom. The van der Waals surface area contributed by atoms with Gasteiger partial charge in [0.25, 0.3) is 5.69 Å². The van der Waals surface area contributed by atoms with Crippen molar-refractivity contribution in [1.82, 2.24) is 0 Å². The average Bonchev–Trinajstić information content (AvgIpc) is 2.42. The fourth-order valence-electron chi connectivity index (χ4n) is 1.24. The first-order valence-electron chi connectivity index (χ1n) is 5.94. The largest absolute Gasteiger partial charge is 0.399 e. The van der Waals surface area contributed by atoms with E-state index >= 15 is 0 Å². The van der Waals surface area contributed by atoms with Crippen LogP contribution >= 0.6 is 0 Å². The molecule has 0 bridgehead atoms. The molecule has 1 aromatic rings. The van der Waals surface area contributed by atoms with Crippen molar-refractivity contribution in [3.8, 4) is 0 Å². The van der Waals surface area contributed by atoms with E-state index in [1.54, 1.807) is 6.07 Å². The normalized spacial score (nSPS) is 9.16. The van der Waals surface area contributed by atoms with E-state index in [1.807, 2.05) is 13.8 Å². The molecule has 0 heterocycles. The number of aldehydes is 1. The maximum atomic E-state index is 10.7. The van der Waals surface area contributed by atoms with Crippen molar-refractivity contribution in [2.24, 2.45) is 0 Å². The van der Waals surface area contributed by atoms with Crippen LogP contribution in [0.3, 0.4) is 0 Å². The van der Waals surface area contributed by atoms with E-state index in [2.05, 4.69) is 5.32 Å². The van der Waals surface area contributed by atoms with E-state index in [-0.39, 0.29) is 12.3 Å². The van der Waals surface area contributed by atoms with Crippen molar-refractivity contribution in [1.29, 1.82) is 0 Å². The van der Waals surface area contributed by atoms with Gasteiger partial charge in [0.2, 0.25) is 0 Å². The zero-order valence-electron chi connectivity index (χ0n) is 11.1. The molecule has 0 spiro atoms. The number of benzene rings is 1. The number of anilines is 2. The van der Waals surface area contributed by atoms with Crippen molar-refractivity contribution in [2.45, 2.75) is 13.8 Å². The smallest absolute Gasteiger partial charge is 0.294 e. The number of nitrogens with zero attached hydrogens (tertiary/aromatic N) is 1. The second-order valence-electron chi connectivity index (χ2n) is 3.20. The maximum Gasteiger partial charge on any atom is 0.294 e. The molecule has 7 nitrogen and oxygen atoms in total. The van der Waals surface area contributed by atoms with E-state index < -0.39 is 4.92 Å². The van der Waals surface area contributed by atoms with Crippen LogP contribution in [0.5, 0.6) is 0 Å². The lowest BCUT2D eigenvalue weighted by molar-refractivity contribution is -0.383. The molecule has 106 valence electrons. The van der Waals surface area contributed by atoms with Crippen LogP contribution in [0.2, 0.25) is 0 Å². The molecule has 3 N–H and O–H groups in total. The van der Waals surface area contributed by atoms with E-state index in [0.717, 1.165) is 0 Å². The molecule has 0 amide bonds. The molecule has 0 radical (unpaired) electrons. The van der Waals surface area contributed by atoms with E-state index in [9.17, 15) is 14.9 Å². The zero-order chi connectivity index (χ0) is 14.7. The quantitative estimate of drug-likeness (QED) is 0.257. The minimum Gasteiger partial charge on any atom is -0.399 e. The Hall–Kier alpha value is -2.15. The fraction of sp³-hybridized carbons (Fsp3) is 0.417. The first-order valence-corrected chi connectivity index (χ1v) is 5.94. The van der Waals surface area contributed by atoms with Gasteiger partial charge in [0, 0.05) is 18.3 Å². The molecule has 1 rings (SSSR count). The standard InChI is InChI=1S/C10H13N3O4.C2H6/c11-8-1-2-9(10(7-8)13(15)16)12-3-5-17-6-4-14;1-2/h1-2,4,7,12H,3,5-6,11H2;1-2H3. The van der Waals surface area contributed by atoms with E-state index in [4.69, 9.17) is 10.5 Å². The van der Waals surface area contributed by atoms with E-state index in [0.29, 0.717) is 30.8 Å². The van der Waals surface area contributed by atoms with Gasteiger partial charge in [0.05, 0.1) is 11.5 Å². The third-order valence-electron chi connectivity index (χ3n) is 1.97. The number of ether oxygens (including phenoxy) is 1. The minimum atomic E-state index is -0.509. The molecule has 0 atom stereocenters. The molecule has 1 aromatic carbocycles. The van der Waals surface area contributed by atoms with Crippen LogP contribution in [0.25, 0.3) is 0 Å². The number of hydrogen-bond acceptors (Lipinski definition) is 6. The number of carbonyl (C=O) groups excluding carboxylic acids is 1. The number of nitrogens with two attached hydrogens (primary N) is 1. The summed E-state index contributed by atoms with van der Waals surface area (Å²) in [6.45, 7) is 4.68. The predicted octanol–water partition coefficient (Wildman–Crippen LogP) is 1.83. The van der Waals surface area contributed by atoms with Crippen molar-refractivity contribution in [2.75, 3.05) is 30.8 Å². The Labute approximate surface area is 111 Å². The molecule has 7 heteroatoms. The molecule has 0 saturated heterocycles. The van der Waals surface area contributed by atoms with Crippen LogP contribution in [0.15, 0.2) is 18.2 Å². The number of hydrogen-bond donors (Lipinski definition) is 2. The predicted molar refractivity (Wildman–Crippen MR) is 74.2 cm³/mol. The van der Waals surface area contributed by atoms with Gasteiger partial charge < -0.3 is 20.6 Å². The van der Waals surface area contributed by atoms with Crippen LogP contribution < -0.4 is 11.1 Å². The van der Waals surface area contributed by atoms with Crippen LogP contribution in [-0.4, -0.2) is 31.0 Å². The van der Waals surface area contributed by atoms with Crippen molar-refractivity contribution in [3.63, 3.8) is 0 Å². The SMILES string of the molecule is CC.Nc1ccc(NCCOCC=O)c([N+](=O)[O-])c1. The summed E-state index contributed by atoms with van der Waals surface area (Å²) in [4.78, 5) is 20.2. The Balaban J connectivity index is 0.00000154. The number of nitrogen functional groups attached to an aromatic ring is 1. The summed E-state index contributed by atoms with van der Waals surface area (Å²) >= 11 is 0. The van der Waals surface area contributed by atoms with Gasteiger partial charge in [-0.05, 0) is 12.1 Å². The monoisotopic (exact) mass is 269 g/mol. The Morgan fingerprint density at radius 3 is 2.74 bits per heavy atom. The number of nitrogens with one attached hydrogen (secondary N) is 1. The summed E-state index contributed by atoms with van der Waals surface area (Å²) in [6, 6.07) is 4.39. The molecular formula is C12H19N3O4. The van der Waals surface area contributed by atoms with Gasteiger partial charge in [-0.2, -0.15) is 0 Å². The summed E-state index contributed by atoms with van der Waals surface area (Å²) in [7, 11) is 0. The average molecular weight is 269 g/mol. The van der Waals surface area contributed by atoms with Gasteiger partial charge in [-0.3, -0.25) is 10.1 Å². The summed E-state index contributed by atoms with van der Waals surface area (Å²) in [6.07, 6.45) is 0.645. The third kappa shape index (κ3) is 6.37. The lowest BCUT2D eigenvalue weighted by atomic mass is 10.2. The lowest BCUT2D eigenvalue weighted by Gasteiger charge is -2.07. The first-order chi connectivity index (χ1) is 9.15. The van der Waals surface area contributed by atoms with Crippen LogP contribution in [-0.2, 0) is 9.53 Å². The Kier molecular flexibility index (Phi) is 8.72. The zero-order valence-corrected chi connectivity index (χ0v) is 11.1. The van der Waals surface area contributed by atoms with Gasteiger partial charge in [0.1, 0.15) is 18.6 Å². The second kappa shape index (κ2) is 9.84. The summed E-state index contributed by atoms with van der Waals surface area (Å²) in [5, 5.41) is 13.6. The van der Waals surface area contributed by atoms with Gasteiger partial charge in [-0.25, -0.2) is 0 Å². The molecule has 19 heavy (non-hydrogen) atoms. The van der Waals surface area contributed by atoms with Gasteiger partial charge >= 0.3 is 0 Å². The molecule has 0 aliphatic rings. The van der Waals surface area contributed by atoms with Gasteiger partial charge in [-0.1, -0.05) is 13.8 Å². The highest BCUT2D eigenvalue weighted by Gasteiger charge is 2.13. The summed E-state index contributed by atoms with van der Waals surface area (Å²) in [5.41, 5.74) is 6.09. The van der Waals surface area contributed by atoms with Crippen LogP contribution in [0.4, 0.5) is 17.1 Å². The highest BCUT2D eigenvalue weighted by molar-refractivity contribution is 5.66. The third-order valence-corrected chi connectivity index (χ3v) is 1.97. The molecule has 0 unspecified atom stereocenters. The van der Waals surface area contributed by atoms with Crippen molar-refractivity contribution >= 4 is 23.3 Å². The Morgan fingerprint density at radius 2 is 2.16 bits per heavy atom. The molecule has 0 fully saturated rings. The highest BCUT2D eigenvalue weighted by atomic mass is 16.6. The molecular weight excluding hydrogens is 250 g/mol. The highest BCUT2D eigenvalue weighted by Crippen LogP contribution is 2.26. The maximum absolute atomic E-state index is 10.7. The Bertz CT molecular complexity index is 410. The number of carbonyl (C=O) groups is 1. The summed E-state index contributed by atoms with van der Waals surface area (Å²) < 4.78 is 4.90. The summed E-state index contributed by atoms with van der Waals surface area (Å²) in [5.74, 6) is 0. The van der Waals surface area contributed by atoms with Crippen molar-refractivity contribution in [3.05, 3.63) is 28.3 Å². The lowest BCUT2D eigenvalue weighted by Crippen LogP contribution is -2.11. The van der Waals surface area contributed by atoms with Crippen LogP contribution in [0.1, 0.15) is 13.8 Å². The minimum absolute atomic E-state index is 0.0194. The molecule has 0 aliphatic heterocycles. The number of nitro groups is 1. The van der Waals surface area contributed by atoms with Gasteiger partial charge in [0.15, 0.2) is 0 Å². The van der Waals surface area contributed by atoms with Crippen LogP contribution in [0, 0.1) is 10.1 Å². The van der Waals surface area contributed by atoms with E-state index in [1.165, 1.54) is 12.1 Å². The molecule has 0 aliphatic carbocycles. The van der Waals surface area contributed by atoms with Crippen molar-refractivity contribution < 1.29 is 14.5 Å². The topological polar surface area (TPSA) is 107 Å². The molecule has 0 aromatic heterocycles. The number of rotatable bonds is 7. The second-order valence-corrected chi connectivity index (χ2v) is 3.20. The van der Waals surface area contributed by atoms with Gasteiger partial charge in [-0.15, -0.1) is 0 Å². The molecule has 0 saturated carbocycles. The first kappa shape index (κ1) is 16.9.